The Bertz CT molecular complexity index is 911. The Labute approximate surface area is 157 Å². The average Bonchev–Trinajstić information content (AvgIpc) is 3.12. The van der Waals surface area contributed by atoms with Crippen LogP contribution in [-0.2, 0) is 16.6 Å². The van der Waals surface area contributed by atoms with Crippen LogP contribution in [0, 0.1) is 0 Å². The third-order valence-corrected chi connectivity index (χ3v) is 6.93. The highest BCUT2D eigenvalue weighted by Crippen LogP contribution is 2.34. The zero-order chi connectivity index (χ0) is 18.1. The van der Waals surface area contributed by atoms with E-state index in [1.54, 1.807) is 12.1 Å². The summed E-state index contributed by atoms with van der Waals surface area (Å²) in [5, 5.41) is 0.739. The molecule has 2 aromatic rings. The van der Waals surface area contributed by atoms with Crippen molar-refractivity contribution in [2.45, 2.75) is 11.4 Å². The number of piperazine rings is 1. The van der Waals surface area contributed by atoms with Gasteiger partial charge in [0.2, 0.25) is 16.8 Å². The molecule has 0 bridgehead atoms. The summed E-state index contributed by atoms with van der Waals surface area (Å²) in [6, 6.07) is 12.5. The van der Waals surface area contributed by atoms with Gasteiger partial charge in [-0.25, -0.2) is 8.42 Å². The lowest BCUT2D eigenvalue weighted by atomic mass is 10.2. The molecule has 0 atom stereocenters. The van der Waals surface area contributed by atoms with Crippen LogP contribution >= 0.6 is 11.6 Å². The van der Waals surface area contributed by atoms with E-state index in [-0.39, 0.29) is 11.7 Å². The summed E-state index contributed by atoms with van der Waals surface area (Å²) >= 11 is 6.22. The second-order valence-electron chi connectivity index (χ2n) is 6.29. The fourth-order valence-corrected chi connectivity index (χ4v) is 4.82. The molecule has 0 saturated carbocycles. The van der Waals surface area contributed by atoms with E-state index < -0.39 is 10.0 Å². The molecular formula is C18H19ClN2O4S. The second-order valence-corrected chi connectivity index (χ2v) is 8.63. The minimum atomic E-state index is -3.54. The van der Waals surface area contributed by atoms with Gasteiger partial charge in [-0.2, -0.15) is 4.31 Å². The van der Waals surface area contributed by atoms with Crippen LogP contribution in [0.4, 0.5) is 0 Å². The number of benzene rings is 2. The molecule has 0 N–H and O–H groups in total. The number of fused-ring (bicyclic) bond motifs is 1. The SMILES string of the molecule is O=S(=O)(c1ccc2c(c1)OCO2)N1CCN(Cc2ccccc2Cl)CC1. The lowest BCUT2D eigenvalue weighted by molar-refractivity contribution is 0.173. The number of hydrogen-bond acceptors (Lipinski definition) is 5. The minimum Gasteiger partial charge on any atom is -0.454 e. The van der Waals surface area contributed by atoms with Gasteiger partial charge in [-0.1, -0.05) is 29.8 Å². The monoisotopic (exact) mass is 394 g/mol. The summed E-state index contributed by atoms with van der Waals surface area (Å²) in [4.78, 5) is 2.45. The molecule has 8 heteroatoms. The minimum absolute atomic E-state index is 0.125. The van der Waals surface area contributed by atoms with Gasteiger partial charge in [0.15, 0.2) is 11.5 Å². The molecule has 0 aliphatic carbocycles. The van der Waals surface area contributed by atoms with Gasteiger partial charge in [0.1, 0.15) is 0 Å². The summed E-state index contributed by atoms with van der Waals surface area (Å²) in [7, 11) is -3.54. The van der Waals surface area contributed by atoms with E-state index in [4.69, 9.17) is 21.1 Å². The maximum atomic E-state index is 12.9. The smallest absolute Gasteiger partial charge is 0.243 e. The van der Waals surface area contributed by atoms with Crippen molar-refractivity contribution in [3.63, 3.8) is 0 Å². The molecule has 1 fully saturated rings. The van der Waals surface area contributed by atoms with Crippen molar-refractivity contribution in [3.05, 3.63) is 53.1 Å². The first-order valence-electron chi connectivity index (χ1n) is 8.39. The zero-order valence-corrected chi connectivity index (χ0v) is 15.7. The third kappa shape index (κ3) is 3.40. The Hall–Kier alpha value is -1.80. The maximum Gasteiger partial charge on any atom is 0.243 e. The van der Waals surface area contributed by atoms with E-state index in [0.717, 1.165) is 17.1 Å². The number of sulfonamides is 1. The van der Waals surface area contributed by atoms with Crippen LogP contribution in [0.1, 0.15) is 5.56 Å². The highest BCUT2D eigenvalue weighted by atomic mass is 35.5. The van der Waals surface area contributed by atoms with Crippen molar-refractivity contribution >= 4 is 21.6 Å². The van der Waals surface area contributed by atoms with Crippen molar-refractivity contribution in [1.82, 2.24) is 9.21 Å². The van der Waals surface area contributed by atoms with Crippen LogP contribution in [0.25, 0.3) is 0 Å². The fraction of sp³-hybridized carbons (Fsp3) is 0.333. The summed E-state index contributed by atoms with van der Waals surface area (Å²) in [5.41, 5.74) is 1.06. The molecule has 0 radical (unpaired) electrons. The largest absolute Gasteiger partial charge is 0.454 e. The Morgan fingerprint density at radius 2 is 1.69 bits per heavy atom. The van der Waals surface area contributed by atoms with Crippen molar-refractivity contribution in [3.8, 4) is 11.5 Å². The van der Waals surface area contributed by atoms with Gasteiger partial charge in [-0.15, -0.1) is 0 Å². The number of hydrogen-bond donors (Lipinski definition) is 0. The number of nitrogens with zero attached hydrogens (tertiary/aromatic N) is 2. The normalized spacial score (nSPS) is 18.2. The summed E-state index contributed by atoms with van der Waals surface area (Å²) < 4.78 is 37.8. The molecule has 6 nitrogen and oxygen atoms in total. The third-order valence-electron chi connectivity index (χ3n) is 4.66. The van der Waals surface area contributed by atoms with E-state index in [1.807, 2.05) is 24.3 Å². The van der Waals surface area contributed by atoms with Crippen molar-refractivity contribution < 1.29 is 17.9 Å². The van der Waals surface area contributed by atoms with Crippen LogP contribution in [0.5, 0.6) is 11.5 Å². The summed E-state index contributed by atoms with van der Waals surface area (Å²) in [6.07, 6.45) is 0. The molecule has 2 heterocycles. The van der Waals surface area contributed by atoms with E-state index in [2.05, 4.69) is 4.90 Å². The van der Waals surface area contributed by atoms with Crippen LogP contribution in [0.2, 0.25) is 5.02 Å². The van der Waals surface area contributed by atoms with Gasteiger partial charge >= 0.3 is 0 Å². The van der Waals surface area contributed by atoms with E-state index in [0.29, 0.717) is 37.7 Å². The number of halogens is 1. The average molecular weight is 395 g/mol. The Morgan fingerprint density at radius 3 is 2.46 bits per heavy atom. The lowest BCUT2D eigenvalue weighted by Crippen LogP contribution is -2.48. The first kappa shape index (κ1) is 17.6. The van der Waals surface area contributed by atoms with Gasteiger partial charge in [0.25, 0.3) is 0 Å². The molecule has 0 spiro atoms. The van der Waals surface area contributed by atoms with Crippen molar-refractivity contribution in [1.29, 1.82) is 0 Å². The first-order chi connectivity index (χ1) is 12.5. The Kier molecular flexibility index (Phi) is 4.79. The van der Waals surface area contributed by atoms with Crippen LogP contribution < -0.4 is 9.47 Å². The lowest BCUT2D eigenvalue weighted by Gasteiger charge is -2.34. The molecule has 2 aliphatic heterocycles. The molecule has 4 rings (SSSR count). The molecular weight excluding hydrogens is 376 g/mol. The second kappa shape index (κ2) is 7.08. The molecule has 0 aromatic heterocycles. The van der Waals surface area contributed by atoms with Gasteiger partial charge < -0.3 is 9.47 Å². The predicted octanol–water partition coefficient (Wildman–Crippen LogP) is 2.58. The van der Waals surface area contributed by atoms with Gasteiger partial charge in [0, 0.05) is 43.8 Å². The number of ether oxygens (including phenoxy) is 2. The molecule has 138 valence electrons. The molecule has 0 amide bonds. The summed E-state index contributed by atoms with van der Waals surface area (Å²) in [5.74, 6) is 1.05. The van der Waals surface area contributed by atoms with Crippen molar-refractivity contribution in [2.24, 2.45) is 0 Å². The van der Waals surface area contributed by atoms with E-state index >= 15 is 0 Å². The molecule has 0 unspecified atom stereocenters. The van der Waals surface area contributed by atoms with Crippen LogP contribution in [0.15, 0.2) is 47.4 Å². The van der Waals surface area contributed by atoms with E-state index in [9.17, 15) is 8.42 Å². The first-order valence-corrected chi connectivity index (χ1v) is 10.2. The maximum absolute atomic E-state index is 12.9. The molecule has 2 aromatic carbocycles. The van der Waals surface area contributed by atoms with Crippen LogP contribution in [-0.4, -0.2) is 50.6 Å². The molecule has 1 saturated heterocycles. The van der Waals surface area contributed by atoms with Crippen molar-refractivity contribution in [2.75, 3.05) is 33.0 Å². The highest BCUT2D eigenvalue weighted by molar-refractivity contribution is 7.89. The predicted molar refractivity (Wildman–Crippen MR) is 98.1 cm³/mol. The standard InChI is InChI=1S/C18H19ClN2O4S/c19-16-4-2-1-3-14(16)12-20-7-9-21(10-8-20)26(22,23)15-5-6-17-18(11-15)25-13-24-17/h1-6,11H,7-10,12-13H2. The van der Waals surface area contributed by atoms with Gasteiger partial charge in [0.05, 0.1) is 4.90 Å². The van der Waals surface area contributed by atoms with Gasteiger partial charge in [-0.3, -0.25) is 4.90 Å². The van der Waals surface area contributed by atoms with Gasteiger partial charge in [-0.05, 0) is 23.8 Å². The zero-order valence-electron chi connectivity index (χ0n) is 14.1. The Balaban J connectivity index is 1.43. The van der Waals surface area contributed by atoms with Crippen LogP contribution in [0.3, 0.4) is 0 Å². The highest BCUT2D eigenvalue weighted by Gasteiger charge is 2.30. The molecule has 2 aliphatic rings. The summed E-state index contributed by atoms with van der Waals surface area (Å²) in [6.45, 7) is 3.06. The number of rotatable bonds is 4. The fourth-order valence-electron chi connectivity index (χ4n) is 3.18. The topological polar surface area (TPSA) is 59.1 Å². The quantitative estimate of drug-likeness (QED) is 0.797. The molecule has 26 heavy (non-hydrogen) atoms. The Morgan fingerprint density at radius 1 is 0.962 bits per heavy atom. The van der Waals surface area contributed by atoms with E-state index in [1.165, 1.54) is 10.4 Å².